The molecular formula is C16H14ClN3O3. The summed E-state index contributed by atoms with van der Waals surface area (Å²) in [6, 6.07) is 11.4. The van der Waals surface area contributed by atoms with Crippen LogP contribution in [0.4, 0.5) is 16.2 Å². The molecular weight excluding hydrogens is 318 g/mol. The monoisotopic (exact) mass is 331 g/mol. The Hall–Kier alpha value is -2.73. The van der Waals surface area contributed by atoms with Gasteiger partial charge in [0.15, 0.2) is 5.58 Å². The Labute approximate surface area is 136 Å². The first-order valence-corrected chi connectivity index (χ1v) is 7.41. The Bertz CT molecular complexity index is 912. The summed E-state index contributed by atoms with van der Waals surface area (Å²) in [4.78, 5) is 23.6. The fourth-order valence-electron chi connectivity index (χ4n) is 2.27. The van der Waals surface area contributed by atoms with Crippen molar-refractivity contribution in [2.24, 2.45) is 0 Å². The molecule has 0 saturated heterocycles. The zero-order valence-corrected chi connectivity index (χ0v) is 13.1. The van der Waals surface area contributed by atoms with Crippen molar-refractivity contribution < 1.29 is 9.21 Å². The minimum Gasteiger partial charge on any atom is -0.408 e. The second-order valence-electron chi connectivity index (χ2n) is 4.88. The summed E-state index contributed by atoms with van der Waals surface area (Å²) in [5.41, 5.74) is 2.28. The van der Waals surface area contributed by atoms with Crippen molar-refractivity contribution in [3.63, 3.8) is 0 Å². The number of benzene rings is 2. The molecule has 118 valence electrons. The lowest BCUT2D eigenvalue weighted by Crippen LogP contribution is -2.19. The first-order chi connectivity index (χ1) is 11.1. The fraction of sp³-hybridized carbons (Fsp3) is 0.125. The molecule has 2 N–H and O–H groups in total. The third-order valence-electron chi connectivity index (χ3n) is 3.34. The van der Waals surface area contributed by atoms with Crippen molar-refractivity contribution in [1.82, 2.24) is 4.57 Å². The summed E-state index contributed by atoms with van der Waals surface area (Å²) >= 11 is 5.79. The highest BCUT2D eigenvalue weighted by molar-refractivity contribution is 6.30. The zero-order chi connectivity index (χ0) is 16.4. The van der Waals surface area contributed by atoms with E-state index in [2.05, 4.69) is 10.6 Å². The van der Waals surface area contributed by atoms with Gasteiger partial charge in [0, 0.05) is 29.0 Å². The van der Waals surface area contributed by atoms with Crippen molar-refractivity contribution in [3.8, 4) is 0 Å². The molecule has 0 bridgehead atoms. The molecule has 0 unspecified atom stereocenters. The smallest absolute Gasteiger partial charge is 0.408 e. The molecule has 1 heterocycles. The van der Waals surface area contributed by atoms with Gasteiger partial charge in [-0.3, -0.25) is 4.57 Å². The van der Waals surface area contributed by atoms with E-state index in [9.17, 15) is 9.59 Å². The molecule has 2 aromatic carbocycles. The molecule has 3 rings (SSSR count). The van der Waals surface area contributed by atoms with Crippen molar-refractivity contribution in [2.45, 2.75) is 13.5 Å². The van der Waals surface area contributed by atoms with Crippen LogP contribution in [0.5, 0.6) is 0 Å². The van der Waals surface area contributed by atoms with Gasteiger partial charge in [-0.2, -0.15) is 0 Å². The topological polar surface area (TPSA) is 76.3 Å². The lowest BCUT2D eigenvalue weighted by molar-refractivity contribution is 0.262. The van der Waals surface area contributed by atoms with Crippen LogP contribution < -0.4 is 16.4 Å². The van der Waals surface area contributed by atoms with E-state index in [1.54, 1.807) is 42.5 Å². The Kier molecular flexibility index (Phi) is 4.08. The lowest BCUT2D eigenvalue weighted by Gasteiger charge is -2.07. The first-order valence-electron chi connectivity index (χ1n) is 7.04. The Balaban J connectivity index is 1.77. The average molecular weight is 332 g/mol. The largest absolute Gasteiger partial charge is 0.419 e. The summed E-state index contributed by atoms with van der Waals surface area (Å²) < 4.78 is 6.69. The molecule has 1 aromatic heterocycles. The molecule has 0 radical (unpaired) electrons. The molecule has 23 heavy (non-hydrogen) atoms. The predicted octanol–water partition coefficient (Wildman–Crippen LogP) is 3.91. The van der Waals surface area contributed by atoms with Crippen LogP contribution in [0, 0.1) is 0 Å². The molecule has 0 aliphatic rings. The normalized spacial score (nSPS) is 10.7. The van der Waals surface area contributed by atoms with Crippen LogP contribution >= 0.6 is 11.6 Å². The third kappa shape index (κ3) is 3.22. The number of fused-ring (bicyclic) bond motifs is 1. The number of halogens is 1. The fourth-order valence-corrected chi connectivity index (χ4v) is 2.40. The van der Waals surface area contributed by atoms with Gasteiger partial charge in [-0.15, -0.1) is 0 Å². The summed E-state index contributed by atoms with van der Waals surface area (Å²) in [7, 11) is 0. The molecule has 0 aliphatic carbocycles. The number of carbonyl (C=O) groups excluding carboxylic acids is 1. The van der Waals surface area contributed by atoms with Crippen LogP contribution in [0.15, 0.2) is 51.7 Å². The number of aryl methyl sites for hydroxylation is 1. The van der Waals surface area contributed by atoms with Gasteiger partial charge in [-0.25, -0.2) is 9.59 Å². The van der Waals surface area contributed by atoms with Crippen molar-refractivity contribution in [1.29, 1.82) is 0 Å². The van der Waals surface area contributed by atoms with E-state index in [0.29, 0.717) is 34.0 Å². The van der Waals surface area contributed by atoms with Crippen LogP contribution in [-0.4, -0.2) is 10.6 Å². The van der Waals surface area contributed by atoms with Gasteiger partial charge >= 0.3 is 11.8 Å². The molecule has 2 amide bonds. The molecule has 0 atom stereocenters. The summed E-state index contributed by atoms with van der Waals surface area (Å²) in [5.74, 6) is -0.412. The second kappa shape index (κ2) is 6.18. The first kappa shape index (κ1) is 15.2. The number of aromatic nitrogens is 1. The molecule has 0 fully saturated rings. The Morgan fingerprint density at radius 2 is 1.78 bits per heavy atom. The number of oxazole rings is 1. The number of nitrogens with zero attached hydrogens (tertiary/aromatic N) is 1. The van der Waals surface area contributed by atoms with E-state index in [1.165, 1.54) is 4.57 Å². The van der Waals surface area contributed by atoms with Crippen LogP contribution in [0.3, 0.4) is 0 Å². The van der Waals surface area contributed by atoms with Gasteiger partial charge in [0.1, 0.15) is 0 Å². The maximum Gasteiger partial charge on any atom is 0.419 e. The maximum atomic E-state index is 12.0. The van der Waals surface area contributed by atoms with E-state index >= 15 is 0 Å². The molecule has 6 nitrogen and oxygen atoms in total. The number of amides is 2. The lowest BCUT2D eigenvalue weighted by atomic mass is 10.3. The number of rotatable bonds is 3. The van der Waals surface area contributed by atoms with E-state index in [4.69, 9.17) is 16.0 Å². The summed E-state index contributed by atoms with van der Waals surface area (Å²) in [5, 5.41) is 5.97. The van der Waals surface area contributed by atoms with Gasteiger partial charge in [-0.1, -0.05) is 11.6 Å². The Morgan fingerprint density at radius 1 is 1.13 bits per heavy atom. The summed E-state index contributed by atoms with van der Waals surface area (Å²) in [6.07, 6.45) is 0. The van der Waals surface area contributed by atoms with Crippen LogP contribution in [0.2, 0.25) is 5.02 Å². The maximum absolute atomic E-state index is 12.0. The van der Waals surface area contributed by atoms with E-state index in [1.807, 2.05) is 6.92 Å². The molecule has 0 saturated carbocycles. The molecule has 0 spiro atoms. The molecule has 3 aromatic rings. The van der Waals surface area contributed by atoms with Crippen molar-refractivity contribution in [2.75, 3.05) is 10.6 Å². The number of carbonyl (C=O) groups is 1. The van der Waals surface area contributed by atoms with Crippen LogP contribution in [0.25, 0.3) is 11.1 Å². The highest BCUT2D eigenvalue weighted by atomic mass is 35.5. The van der Waals surface area contributed by atoms with E-state index < -0.39 is 11.8 Å². The van der Waals surface area contributed by atoms with Gasteiger partial charge < -0.3 is 15.1 Å². The Morgan fingerprint density at radius 3 is 2.48 bits per heavy atom. The van der Waals surface area contributed by atoms with Gasteiger partial charge in [-0.05, 0) is 43.3 Å². The van der Waals surface area contributed by atoms with Crippen LogP contribution in [0.1, 0.15) is 6.92 Å². The van der Waals surface area contributed by atoms with Crippen molar-refractivity contribution in [3.05, 3.63) is 58.0 Å². The third-order valence-corrected chi connectivity index (χ3v) is 3.60. The van der Waals surface area contributed by atoms with Crippen molar-refractivity contribution >= 4 is 40.1 Å². The number of urea groups is 1. The standard InChI is InChI=1S/C16H14ClN3O3/c1-2-20-13-8-7-12(9-14(13)23-16(20)22)19-15(21)18-11-5-3-10(17)4-6-11/h3-9H,2H2,1H3,(H2,18,19,21). The number of nitrogens with one attached hydrogen (secondary N) is 2. The zero-order valence-electron chi connectivity index (χ0n) is 12.3. The van der Waals surface area contributed by atoms with E-state index in [0.717, 1.165) is 0 Å². The van der Waals surface area contributed by atoms with Gasteiger partial charge in [0.05, 0.1) is 5.52 Å². The van der Waals surface area contributed by atoms with Gasteiger partial charge in [0.2, 0.25) is 0 Å². The minimum absolute atomic E-state index is 0.399. The van der Waals surface area contributed by atoms with E-state index in [-0.39, 0.29) is 0 Å². The summed E-state index contributed by atoms with van der Waals surface area (Å²) in [6.45, 7) is 2.39. The average Bonchev–Trinajstić information content (AvgIpc) is 2.83. The second-order valence-corrected chi connectivity index (χ2v) is 5.32. The SMILES string of the molecule is CCn1c(=O)oc2cc(NC(=O)Nc3ccc(Cl)cc3)ccc21. The molecule has 7 heteroatoms. The van der Waals surface area contributed by atoms with Crippen LogP contribution in [-0.2, 0) is 6.54 Å². The number of hydrogen-bond donors (Lipinski definition) is 2. The number of anilines is 2. The predicted molar refractivity (Wildman–Crippen MR) is 90.2 cm³/mol. The minimum atomic E-state index is -0.412. The molecule has 0 aliphatic heterocycles. The quantitative estimate of drug-likeness (QED) is 0.764. The number of hydrogen-bond acceptors (Lipinski definition) is 3. The highest BCUT2D eigenvalue weighted by Crippen LogP contribution is 2.19. The van der Waals surface area contributed by atoms with Gasteiger partial charge in [0.25, 0.3) is 0 Å². The highest BCUT2D eigenvalue weighted by Gasteiger charge is 2.09.